The normalized spacial score (nSPS) is 12.6. The zero-order valence-corrected chi connectivity index (χ0v) is 10.8. The predicted molar refractivity (Wildman–Crippen MR) is 68.9 cm³/mol. The van der Waals surface area contributed by atoms with E-state index in [1.807, 2.05) is 17.8 Å². The van der Waals surface area contributed by atoms with E-state index < -0.39 is 5.97 Å². The molecule has 3 N–H and O–H groups in total. The second-order valence-electron chi connectivity index (χ2n) is 4.32. The van der Waals surface area contributed by atoms with Gasteiger partial charge in [-0.05, 0) is 6.42 Å². The maximum atomic E-state index is 10.6. The van der Waals surface area contributed by atoms with Crippen molar-refractivity contribution in [3.05, 3.63) is 18.0 Å². The Balaban J connectivity index is 2.39. The highest BCUT2D eigenvalue weighted by Gasteiger charge is 2.17. The van der Waals surface area contributed by atoms with Gasteiger partial charge in [0.05, 0.1) is 13.3 Å². The zero-order valence-electron chi connectivity index (χ0n) is 10.8. The average Bonchev–Trinajstić information content (AvgIpc) is 2.73. The number of hydrogen-bond acceptors (Lipinski definition) is 5. The smallest absolute Gasteiger partial charge is 0.303 e. The van der Waals surface area contributed by atoms with E-state index in [1.54, 1.807) is 0 Å². The van der Waals surface area contributed by atoms with Gasteiger partial charge in [-0.2, -0.15) is 0 Å². The fraction of sp³-hybridized carbons (Fsp3) is 0.417. The van der Waals surface area contributed by atoms with Gasteiger partial charge in [0.1, 0.15) is 5.52 Å². The van der Waals surface area contributed by atoms with E-state index in [1.165, 1.54) is 13.3 Å². The highest BCUT2D eigenvalue weighted by Crippen LogP contribution is 2.26. The number of carboxylic acids is 1. The molecular weight excluding hydrogens is 248 g/mol. The van der Waals surface area contributed by atoms with Gasteiger partial charge in [-0.3, -0.25) is 4.79 Å². The molecule has 19 heavy (non-hydrogen) atoms. The first-order valence-electron chi connectivity index (χ1n) is 5.86. The van der Waals surface area contributed by atoms with Crippen LogP contribution in [0.15, 0.2) is 12.4 Å². The number of carbonyl (C=O) groups is 1. The van der Waals surface area contributed by atoms with Gasteiger partial charge >= 0.3 is 5.97 Å². The van der Waals surface area contributed by atoms with Crippen LogP contribution in [0.25, 0.3) is 11.2 Å². The van der Waals surface area contributed by atoms with E-state index in [0.717, 1.165) is 5.56 Å². The fourth-order valence-electron chi connectivity index (χ4n) is 1.95. The molecule has 0 amide bonds. The molecule has 0 aliphatic rings. The van der Waals surface area contributed by atoms with Gasteiger partial charge in [0.2, 0.25) is 5.88 Å². The van der Waals surface area contributed by atoms with Gasteiger partial charge in [0.25, 0.3) is 0 Å². The highest BCUT2D eigenvalue weighted by atomic mass is 16.5. The van der Waals surface area contributed by atoms with Crippen LogP contribution in [-0.2, 0) is 11.8 Å². The minimum absolute atomic E-state index is 0.0228. The Morgan fingerprint density at radius 1 is 1.63 bits per heavy atom. The van der Waals surface area contributed by atoms with Crippen LogP contribution in [0.1, 0.15) is 24.4 Å². The first-order valence-corrected chi connectivity index (χ1v) is 5.86. The van der Waals surface area contributed by atoms with Crippen LogP contribution in [0, 0.1) is 0 Å². The lowest BCUT2D eigenvalue weighted by atomic mass is 10.1. The van der Waals surface area contributed by atoms with Gasteiger partial charge in [0.15, 0.2) is 5.65 Å². The fourth-order valence-corrected chi connectivity index (χ4v) is 1.95. The van der Waals surface area contributed by atoms with Gasteiger partial charge in [0, 0.05) is 31.3 Å². The Morgan fingerprint density at radius 2 is 2.37 bits per heavy atom. The molecule has 2 aromatic heterocycles. The highest BCUT2D eigenvalue weighted by molar-refractivity contribution is 5.77. The summed E-state index contributed by atoms with van der Waals surface area (Å²) in [6, 6.07) is -0.388. The Hall–Kier alpha value is -2.15. The molecule has 1 unspecified atom stereocenters. The summed E-state index contributed by atoms with van der Waals surface area (Å²) in [4.78, 5) is 19.2. The maximum Gasteiger partial charge on any atom is 0.303 e. The second-order valence-corrected chi connectivity index (χ2v) is 4.32. The quantitative estimate of drug-likeness (QED) is 0.829. The number of nitrogens with two attached hydrogens (primary N) is 1. The molecular formula is C12H16N4O3. The third kappa shape index (κ3) is 2.65. The Bertz CT molecular complexity index is 608. The number of nitrogens with zero attached hydrogens (tertiary/aromatic N) is 3. The summed E-state index contributed by atoms with van der Waals surface area (Å²) in [6.45, 7) is 0. The molecule has 0 fully saturated rings. The first kappa shape index (κ1) is 13.3. The molecule has 7 heteroatoms. The molecule has 0 saturated heterocycles. The summed E-state index contributed by atoms with van der Waals surface area (Å²) in [6.07, 6.45) is 3.74. The Kier molecular flexibility index (Phi) is 3.66. The topological polar surface area (TPSA) is 103 Å². The zero-order chi connectivity index (χ0) is 14.0. The van der Waals surface area contributed by atoms with Crippen molar-refractivity contribution in [1.82, 2.24) is 14.5 Å². The second kappa shape index (κ2) is 5.23. The van der Waals surface area contributed by atoms with E-state index in [0.29, 0.717) is 23.5 Å². The minimum Gasteiger partial charge on any atom is -0.481 e. The molecule has 0 aliphatic heterocycles. The largest absolute Gasteiger partial charge is 0.481 e. The molecule has 0 spiro atoms. The summed E-state index contributed by atoms with van der Waals surface area (Å²) in [5.41, 5.74) is 8.16. The van der Waals surface area contributed by atoms with Crippen LogP contribution in [0.5, 0.6) is 5.88 Å². The number of rotatable bonds is 5. The molecule has 1 atom stereocenters. The number of aliphatic carboxylic acids is 1. The Labute approximate surface area is 110 Å². The number of aryl methyl sites for hydroxylation is 1. The van der Waals surface area contributed by atoms with Gasteiger partial charge in [-0.25, -0.2) is 9.97 Å². The number of carboxylic acid groups (broad SMARTS) is 1. The molecule has 2 heterocycles. The van der Waals surface area contributed by atoms with E-state index in [4.69, 9.17) is 15.6 Å². The van der Waals surface area contributed by atoms with E-state index in [9.17, 15) is 4.79 Å². The predicted octanol–water partition coefficient (Wildman–Crippen LogP) is 0.841. The van der Waals surface area contributed by atoms with Crippen molar-refractivity contribution in [3.63, 3.8) is 0 Å². The van der Waals surface area contributed by atoms with Crippen LogP contribution in [0.2, 0.25) is 0 Å². The molecule has 0 radical (unpaired) electrons. The molecule has 102 valence electrons. The lowest BCUT2D eigenvalue weighted by molar-refractivity contribution is -0.137. The summed E-state index contributed by atoms with van der Waals surface area (Å²) < 4.78 is 6.86. The van der Waals surface area contributed by atoms with Crippen LogP contribution < -0.4 is 10.5 Å². The van der Waals surface area contributed by atoms with Crippen molar-refractivity contribution < 1.29 is 14.6 Å². The van der Waals surface area contributed by atoms with Crippen LogP contribution in [0.3, 0.4) is 0 Å². The van der Waals surface area contributed by atoms with Crippen molar-refractivity contribution in [1.29, 1.82) is 0 Å². The lowest BCUT2D eigenvalue weighted by Crippen LogP contribution is -2.12. The molecule has 0 saturated carbocycles. The van der Waals surface area contributed by atoms with Crippen molar-refractivity contribution in [2.24, 2.45) is 12.8 Å². The van der Waals surface area contributed by atoms with E-state index in [2.05, 4.69) is 9.97 Å². The van der Waals surface area contributed by atoms with E-state index in [-0.39, 0.29) is 12.5 Å². The molecule has 7 nitrogen and oxygen atoms in total. The first-order chi connectivity index (χ1) is 9.02. The Morgan fingerprint density at radius 3 is 3.00 bits per heavy atom. The molecule has 0 aromatic carbocycles. The van der Waals surface area contributed by atoms with Crippen LogP contribution in [-0.4, -0.2) is 32.7 Å². The van der Waals surface area contributed by atoms with Crippen molar-refractivity contribution in [2.45, 2.75) is 18.9 Å². The van der Waals surface area contributed by atoms with Gasteiger partial charge < -0.3 is 20.1 Å². The van der Waals surface area contributed by atoms with Crippen LogP contribution in [0.4, 0.5) is 0 Å². The third-order valence-electron chi connectivity index (χ3n) is 2.95. The summed E-state index contributed by atoms with van der Waals surface area (Å²) >= 11 is 0. The number of fused-ring (bicyclic) bond motifs is 1. The molecule has 2 aromatic rings. The number of ether oxygens (including phenoxy) is 1. The standard InChI is InChI=1S/C12H16N4O3/c1-16-6-7(8(13)3-4-10(17)18)11-12(16)14-5-9(15-11)19-2/h5-6,8H,3-4,13H2,1-2H3,(H,17,18). The summed E-state index contributed by atoms with van der Waals surface area (Å²) in [5, 5.41) is 8.70. The monoisotopic (exact) mass is 264 g/mol. The van der Waals surface area contributed by atoms with Gasteiger partial charge in [-0.15, -0.1) is 0 Å². The maximum absolute atomic E-state index is 10.6. The average molecular weight is 264 g/mol. The van der Waals surface area contributed by atoms with E-state index >= 15 is 0 Å². The lowest BCUT2D eigenvalue weighted by Gasteiger charge is -2.08. The third-order valence-corrected chi connectivity index (χ3v) is 2.95. The number of hydrogen-bond donors (Lipinski definition) is 2. The summed E-state index contributed by atoms with van der Waals surface area (Å²) in [7, 11) is 3.36. The van der Waals surface area contributed by atoms with Crippen molar-refractivity contribution >= 4 is 17.1 Å². The minimum atomic E-state index is -0.862. The molecule has 0 aliphatic carbocycles. The molecule has 2 rings (SSSR count). The number of methoxy groups -OCH3 is 1. The van der Waals surface area contributed by atoms with Crippen molar-refractivity contribution in [2.75, 3.05) is 7.11 Å². The van der Waals surface area contributed by atoms with Crippen LogP contribution >= 0.6 is 0 Å². The molecule has 0 bridgehead atoms. The van der Waals surface area contributed by atoms with Crippen molar-refractivity contribution in [3.8, 4) is 5.88 Å². The summed E-state index contributed by atoms with van der Waals surface area (Å²) in [5.74, 6) is -0.454. The SMILES string of the molecule is COc1cnc2c(n1)c(C(N)CCC(=O)O)cn2C. The number of aromatic nitrogens is 3. The van der Waals surface area contributed by atoms with Gasteiger partial charge in [-0.1, -0.05) is 0 Å².